The standard InChI is InChI=1S/C10H7N3O2/c11-5-6-2-1-3-7(4-6)8-9(14)13-10(15)12-8/h1-4,8H,(H2,12,13,14,15). The third-order valence-electron chi connectivity index (χ3n) is 2.12. The quantitative estimate of drug-likeness (QED) is 0.647. The van der Waals surface area contributed by atoms with Crippen molar-refractivity contribution in [1.82, 2.24) is 10.6 Å². The first-order valence-electron chi connectivity index (χ1n) is 4.32. The maximum atomic E-state index is 11.3. The second-order valence-electron chi connectivity index (χ2n) is 3.13. The molecule has 5 nitrogen and oxygen atoms in total. The third kappa shape index (κ3) is 1.65. The first-order chi connectivity index (χ1) is 7.20. The van der Waals surface area contributed by atoms with Crippen LogP contribution in [0.15, 0.2) is 24.3 Å². The van der Waals surface area contributed by atoms with Crippen molar-refractivity contribution in [3.05, 3.63) is 35.4 Å². The molecule has 2 rings (SSSR count). The maximum absolute atomic E-state index is 11.3. The van der Waals surface area contributed by atoms with E-state index in [1.165, 1.54) is 0 Å². The Morgan fingerprint density at radius 3 is 2.73 bits per heavy atom. The SMILES string of the molecule is N#Cc1cccc(C2NC(=O)NC2=O)c1. The minimum absolute atomic E-state index is 0.393. The number of nitrogens with zero attached hydrogens (tertiary/aromatic N) is 1. The summed E-state index contributed by atoms with van der Waals surface area (Å²) in [5, 5.41) is 13.3. The van der Waals surface area contributed by atoms with Gasteiger partial charge < -0.3 is 5.32 Å². The van der Waals surface area contributed by atoms with E-state index < -0.39 is 18.0 Å². The predicted molar refractivity (Wildman–Crippen MR) is 50.6 cm³/mol. The summed E-state index contributed by atoms with van der Waals surface area (Å²) < 4.78 is 0. The van der Waals surface area contributed by atoms with E-state index in [1.54, 1.807) is 24.3 Å². The molecule has 74 valence electrons. The number of carbonyl (C=O) groups is 2. The molecule has 1 fully saturated rings. The second kappa shape index (κ2) is 3.42. The lowest BCUT2D eigenvalue weighted by Gasteiger charge is -2.06. The molecule has 0 radical (unpaired) electrons. The fraction of sp³-hybridized carbons (Fsp3) is 0.100. The van der Waals surface area contributed by atoms with Gasteiger partial charge in [-0.25, -0.2) is 4.79 Å². The van der Waals surface area contributed by atoms with Gasteiger partial charge in [0.25, 0.3) is 5.91 Å². The molecule has 0 bridgehead atoms. The highest BCUT2D eigenvalue weighted by molar-refractivity contribution is 6.04. The minimum atomic E-state index is -0.689. The van der Waals surface area contributed by atoms with Gasteiger partial charge in [-0.1, -0.05) is 12.1 Å². The average molecular weight is 201 g/mol. The molecular weight excluding hydrogens is 194 g/mol. The van der Waals surface area contributed by atoms with Crippen LogP contribution in [0.25, 0.3) is 0 Å². The van der Waals surface area contributed by atoms with E-state index in [0.29, 0.717) is 11.1 Å². The van der Waals surface area contributed by atoms with Crippen molar-refractivity contribution in [3.8, 4) is 6.07 Å². The van der Waals surface area contributed by atoms with E-state index in [9.17, 15) is 9.59 Å². The van der Waals surface area contributed by atoms with Crippen LogP contribution in [0.4, 0.5) is 4.79 Å². The van der Waals surface area contributed by atoms with Crippen LogP contribution >= 0.6 is 0 Å². The number of hydrogen-bond acceptors (Lipinski definition) is 3. The number of nitrogens with one attached hydrogen (secondary N) is 2. The molecule has 5 heteroatoms. The largest absolute Gasteiger partial charge is 0.322 e. The smallest absolute Gasteiger partial charge is 0.322 e. The number of nitriles is 1. The number of amides is 3. The summed E-state index contributed by atoms with van der Waals surface area (Å²) in [4.78, 5) is 22.2. The van der Waals surface area contributed by atoms with Crippen LogP contribution in [0.2, 0.25) is 0 Å². The molecule has 1 unspecified atom stereocenters. The normalized spacial score (nSPS) is 19.3. The van der Waals surface area contributed by atoms with Crippen molar-refractivity contribution in [3.63, 3.8) is 0 Å². The second-order valence-corrected chi connectivity index (χ2v) is 3.13. The molecule has 2 N–H and O–H groups in total. The summed E-state index contributed by atoms with van der Waals surface area (Å²) in [6.07, 6.45) is 0. The summed E-state index contributed by atoms with van der Waals surface area (Å²) in [6, 6.07) is 7.36. The van der Waals surface area contributed by atoms with Gasteiger partial charge in [0.1, 0.15) is 6.04 Å². The molecule has 1 atom stereocenters. The molecule has 1 heterocycles. The molecule has 1 aliphatic rings. The predicted octanol–water partition coefficient (Wildman–Crippen LogP) is 0.439. The molecule has 0 aromatic heterocycles. The van der Waals surface area contributed by atoms with Gasteiger partial charge in [-0.15, -0.1) is 0 Å². The van der Waals surface area contributed by atoms with Gasteiger partial charge in [0.15, 0.2) is 0 Å². The summed E-state index contributed by atoms with van der Waals surface area (Å²) in [5.74, 6) is -0.393. The number of benzene rings is 1. The van der Waals surface area contributed by atoms with Crippen LogP contribution in [0.1, 0.15) is 17.2 Å². The Hall–Kier alpha value is -2.35. The van der Waals surface area contributed by atoms with Crippen LogP contribution in [0, 0.1) is 11.3 Å². The molecule has 1 aromatic carbocycles. The summed E-state index contributed by atoms with van der Waals surface area (Å²) >= 11 is 0. The molecule has 1 saturated heterocycles. The average Bonchev–Trinajstić information content (AvgIpc) is 2.58. The Labute approximate surface area is 85.7 Å². The van der Waals surface area contributed by atoms with Crippen LogP contribution in [-0.4, -0.2) is 11.9 Å². The lowest BCUT2D eigenvalue weighted by atomic mass is 10.0. The van der Waals surface area contributed by atoms with E-state index >= 15 is 0 Å². The lowest BCUT2D eigenvalue weighted by Crippen LogP contribution is -2.22. The molecule has 1 aliphatic heterocycles. The van der Waals surface area contributed by atoms with E-state index in [-0.39, 0.29) is 0 Å². The Kier molecular flexibility index (Phi) is 2.10. The highest BCUT2D eigenvalue weighted by atomic mass is 16.2. The number of urea groups is 1. The highest BCUT2D eigenvalue weighted by Gasteiger charge is 2.30. The summed E-state index contributed by atoms with van der Waals surface area (Å²) in [5.41, 5.74) is 1.07. The topological polar surface area (TPSA) is 82.0 Å². The van der Waals surface area contributed by atoms with Crippen LogP contribution in [0.5, 0.6) is 0 Å². The number of hydrogen-bond donors (Lipinski definition) is 2. The van der Waals surface area contributed by atoms with Crippen molar-refractivity contribution in [1.29, 1.82) is 5.26 Å². The van der Waals surface area contributed by atoms with Crippen molar-refractivity contribution in [2.45, 2.75) is 6.04 Å². The van der Waals surface area contributed by atoms with Gasteiger partial charge in [-0.3, -0.25) is 10.1 Å². The van der Waals surface area contributed by atoms with Crippen molar-refractivity contribution >= 4 is 11.9 Å². The molecule has 0 spiro atoms. The monoisotopic (exact) mass is 201 g/mol. The number of carbonyl (C=O) groups excluding carboxylic acids is 2. The fourth-order valence-corrected chi connectivity index (χ4v) is 1.44. The molecule has 0 aliphatic carbocycles. The molecular formula is C10H7N3O2. The van der Waals surface area contributed by atoms with Crippen molar-refractivity contribution < 1.29 is 9.59 Å². The van der Waals surface area contributed by atoms with Gasteiger partial charge in [0, 0.05) is 0 Å². The van der Waals surface area contributed by atoms with Gasteiger partial charge in [0.2, 0.25) is 0 Å². The Balaban J connectivity index is 2.34. The van der Waals surface area contributed by atoms with Gasteiger partial charge in [0.05, 0.1) is 11.6 Å². The van der Waals surface area contributed by atoms with E-state index in [2.05, 4.69) is 10.6 Å². The fourth-order valence-electron chi connectivity index (χ4n) is 1.44. The van der Waals surface area contributed by atoms with Gasteiger partial charge in [-0.2, -0.15) is 5.26 Å². The number of imide groups is 1. The Morgan fingerprint density at radius 2 is 2.13 bits per heavy atom. The molecule has 1 aromatic rings. The zero-order valence-electron chi connectivity index (χ0n) is 7.65. The zero-order valence-corrected chi connectivity index (χ0v) is 7.65. The first kappa shape index (κ1) is 9.21. The maximum Gasteiger partial charge on any atom is 0.322 e. The highest BCUT2D eigenvalue weighted by Crippen LogP contribution is 2.17. The van der Waals surface area contributed by atoms with Crippen LogP contribution in [0.3, 0.4) is 0 Å². The van der Waals surface area contributed by atoms with Crippen LogP contribution in [-0.2, 0) is 4.79 Å². The van der Waals surface area contributed by atoms with Crippen LogP contribution < -0.4 is 10.6 Å². The Bertz CT molecular complexity index is 476. The van der Waals surface area contributed by atoms with Crippen molar-refractivity contribution in [2.75, 3.05) is 0 Å². The zero-order chi connectivity index (χ0) is 10.8. The minimum Gasteiger partial charge on any atom is -0.322 e. The molecule has 3 amide bonds. The number of rotatable bonds is 1. The molecule has 15 heavy (non-hydrogen) atoms. The van der Waals surface area contributed by atoms with Gasteiger partial charge in [-0.05, 0) is 17.7 Å². The van der Waals surface area contributed by atoms with E-state index in [4.69, 9.17) is 5.26 Å². The molecule has 0 saturated carbocycles. The summed E-state index contributed by atoms with van der Waals surface area (Å²) in [6.45, 7) is 0. The van der Waals surface area contributed by atoms with Gasteiger partial charge >= 0.3 is 6.03 Å². The third-order valence-corrected chi connectivity index (χ3v) is 2.12. The first-order valence-corrected chi connectivity index (χ1v) is 4.32. The Morgan fingerprint density at radius 1 is 1.33 bits per heavy atom. The lowest BCUT2D eigenvalue weighted by molar-refractivity contribution is -0.120. The summed E-state index contributed by atoms with van der Waals surface area (Å²) in [7, 11) is 0. The van der Waals surface area contributed by atoms with Crippen molar-refractivity contribution in [2.24, 2.45) is 0 Å². The van der Waals surface area contributed by atoms with E-state index in [0.717, 1.165) is 0 Å². The van der Waals surface area contributed by atoms with E-state index in [1.807, 2.05) is 6.07 Å².